The molecule has 1 aliphatic heterocycles. The molecule has 2 aromatic carbocycles. The Hall–Kier alpha value is -2.07. The first-order valence-electron chi connectivity index (χ1n) is 9.53. The van der Waals surface area contributed by atoms with Crippen molar-refractivity contribution in [3.63, 3.8) is 0 Å². The molecule has 1 aliphatic carbocycles. The van der Waals surface area contributed by atoms with Gasteiger partial charge in [0.05, 0.1) is 12.6 Å². The number of aliphatic hydroxyl groups excluding tert-OH is 1. The van der Waals surface area contributed by atoms with E-state index in [2.05, 4.69) is 30.3 Å². The van der Waals surface area contributed by atoms with Crippen LogP contribution in [0, 0.1) is 0 Å². The van der Waals surface area contributed by atoms with E-state index in [0.717, 1.165) is 19.3 Å². The number of aliphatic hydroxyl groups is 1. The fourth-order valence-corrected chi connectivity index (χ4v) is 4.38. The Labute approximate surface area is 154 Å². The zero-order valence-corrected chi connectivity index (χ0v) is 15.8. The van der Waals surface area contributed by atoms with Crippen molar-refractivity contribution in [1.82, 2.24) is 4.90 Å². The fourth-order valence-electron chi connectivity index (χ4n) is 4.38. The largest absolute Gasteiger partial charge is 0.444 e. The summed E-state index contributed by atoms with van der Waals surface area (Å²) in [6.07, 6.45) is 2.05. The van der Waals surface area contributed by atoms with Gasteiger partial charge in [0, 0.05) is 12.5 Å². The molecule has 1 fully saturated rings. The molecular weight excluding hydrogens is 326 g/mol. The van der Waals surface area contributed by atoms with Gasteiger partial charge in [0.15, 0.2) is 0 Å². The summed E-state index contributed by atoms with van der Waals surface area (Å²) in [6.45, 7) is 6.52. The number of hydrogen-bond donors (Lipinski definition) is 1. The number of ether oxygens (including phenoxy) is 1. The molecule has 0 spiro atoms. The summed E-state index contributed by atoms with van der Waals surface area (Å²) in [5.41, 5.74) is 3.53. The van der Waals surface area contributed by atoms with E-state index in [0.29, 0.717) is 13.1 Å². The molecule has 138 valence electrons. The van der Waals surface area contributed by atoms with Gasteiger partial charge in [-0.25, -0.2) is 4.79 Å². The van der Waals surface area contributed by atoms with Gasteiger partial charge in [0.1, 0.15) is 5.60 Å². The van der Waals surface area contributed by atoms with Crippen molar-refractivity contribution in [2.24, 2.45) is 0 Å². The van der Waals surface area contributed by atoms with E-state index in [1.54, 1.807) is 4.90 Å². The first-order chi connectivity index (χ1) is 12.3. The summed E-state index contributed by atoms with van der Waals surface area (Å²) in [5.74, 6) is 0.0542. The number of piperidine rings is 1. The lowest BCUT2D eigenvalue weighted by Crippen LogP contribution is -2.47. The zero-order valence-electron chi connectivity index (χ0n) is 15.8. The minimum atomic E-state index is -0.574. The number of rotatable bonds is 1. The van der Waals surface area contributed by atoms with Crippen LogP contribution in [0.4, 0.5) is 4.79 Å². The molecule has 0 radical (unpaired) electrons. The predicted molar refractivity (Wildman–Crippen MR) is 103 cm³/mol. The Morgan fingerprint density at radius 1 is 1.15 bits per heavy atom. The van der Waals surface area contributed by atoms with E-state index in [1.165, 1.54) is 27.5 Å². The van der Waals surface area contributed by atoms with Crippen molar-refractivity contribution in [2.75, 3.05) is 13.1 Å². The van der Waals surface area contributed by atoms with Crippen molar-refractivity contribution >= 4 is 16.9 Å². The molecular formula is C22H27NO3. The maximum atomic E-state index is 12.3. The lowest BCUT2D eigenvalue weighted by atomic mass is 9.83. The van der Waals surface area contributed by atoms with Crippen LogP contribution in [0.1, 0.15) is 49.8 Å². The van der Waals surface area contributed by atoms with Gasteiger partial charge in [0.25, 0.3) is 0 Å². The average molecular weight is 353 g/mol. The third-order valence-electron chi connectivity index (χ3n) is 5.54. The summed E-state index contributed by atoms with van der Waals surface area (Å²) in [6, 6.07) is 10.9. The van der Waals surface area contributed by atoms with Gasteiger partial charge in [-0.3, -0.25) is 0 Å². The minimum absolute atomic E-state index is 0.0542. The molecule has 0 aromatic heterocycles. The van der Waals surface area contributed by atoms with Crippen molar-refractivity contribution in [2.45, 2.75) is 57.7 Å². The number of β-amino-alcohol motifs (C(OH)–C–C–N with tert-alkyl or cyclic N) is 1. The minimum Gasteiger partial charge on any atom is -0.444 e. The first kappa shape index (κ1) is 17.3. The fraction of sp³-hybridized carbons (Fsp3) is 0.500. The van der Waals surface area contributed by atoms with E-state index in [-0.39, 0.29) is 12.0 Å². The molecule has 1 saturated heterocycles. The van der Waals surface area contributed by atoms with Crippen LogP contribution in [0.25, 0.3) is 10.8 Å². The van der Waals surface area contributed by atoms with Crippen LogP contribution < -0.4 is 0 Å². The van der Waals surface area contributed by atoms with Crippen LogP contribution in [0.5, 0.6) is 0 Å². The normalized spacial score (nSPS) is 22.7. The lowest BCUT2D eigenvalue weighted by Gasteiger charge is -2.37. The van der Waals surface area contributed by atoms with Crippen LogP contribution >= 0.6 is 0 Å². The van der Waals surface area contributed by atoms with Crippen LogP contribution in [0.15, 0.2) is 30.3 Å². The summed E-state index contributed by atoms with van der Waals surface area (Å²) >= 11 is 0. The molecule has 4 rings (SSSR count). The number of amides is 1. The average Bonchev–Trinajstić information content (AvgIpc) is 2.99. The summed E-state index contributed by atoms with van der Waals surface area (Å²) in [4.78, 5) is 13.9. The van der Waals surface area contributed by atoms with E-state index in [9.17, 15) is 9.90 Å². The van der Waals surface area contributed by atoms with E-state index < -0.39 is 11.7 Å². The SMILES string of the molecule is CC(C)(C)OC(=O)N1CCC(c2ccc3c4c(cccc24)CC3)C(O)C1. The van der Waals surface area contributed by atoms with Crippen molar-refractivity contribution in [1.29, 1.82) is 0 Å². The Balaban J connectivity index is 1.58. The van der Waals surface area contributed by atoms with Crippen LogP contribution in [-0.4, -0.2) is 40.9 Å². The van der Waals surface area contributed by atoms with Crippen molar-refractivity contribution in [3.05, 3.63) is 47.0 Å². The van der Waals surface area contributed by atoms with Gasteiger partial charge in [-0.15, -0.1) is 0 Å². The van der Waals surface area contributed by atoms with Crippen molar-refractivity contribution < 1.29 is 14.6 Å². The molecule has 2 aliphatic rings. The van der Waals surface area contributed by atoms with Gasteiger partial charge < -0.3 is 14.7 Å². The maximum Gasteiger partial charge on any atom is 0.410 e. The predicted octanol–water partition coefficient (Wildman–Crippen LogP) is 4.02. The zero-order chi connectivity index (χ0) is 18.5. The third kappa shape index (κ3) is 3.07. The molecule has 2 unspecified atom stereocenters. The lowest BCUT2D eigenvalue weighted by molar-refractivity contribution is -0.00138. The topological polar surface area (TPSA) is 49.8 Å². The molecule has 1 amide bonds. The monoisotopic (exact) mass is 353 g/mol. The molecule has 26 heavy (non-hydrogen) atoms. The Morgan fingerprint density at radius 2 is 1.88 bits per heavy atom. The standard InChI is InChI=1S/C22H27NO3/c1-22(2,3)26-21(25)23-12-11-17(19(24)13-23)16-10-9-15-8-7-14-5-4-6-18(16)20(14)15/h4-6,9-10,17,19,24H,7-8,11-13H2,1-3H3. The Morgan fingerprint density at radius 3 is 2.58 bits per heavy atom. The van der Waals surface area contributed by atoms with Gasteiger partial charge in [-0.1, -0.05) is 30.3 Å². The second-order valence-electron chi connectivity index (χ2n) is 8.54. The smallest absolute Gasteiger partial charge is 0.410 e. The summed E-state index contributed by atoms with van der Waals surface area (Å²) in [7, 11) is 0. The number of likely N-dealkylation sites (tertiary alicyclic amines) is 1. The highest BCUT2D eigenvalue weighted by atomic mass is 16.6. The van der Waals surface area contributed by atoms with E-state index in [1.807, 2.05) is 20.8 Å². The van der Waals surface area contributed by atoms with Crippen LogP contribution in [0.2, 0.25) is 0 Å². The highest BCUT2D eigenvalue weighted by Gasteiger charge is 2.34. The number of carbonyl (C=O) groups is 1. The van der Waals surface area contributed by atoms with E-state index >= 15 is 0 Å². The molecule has 1 heterocycles. The molecule has 2 aromatic rings. The van der Waals surface area contributed by atoms with Crippen molar-refractivity contribution in [3.8, 4) is 0 Å². The van der Waals surface area contributed by atoms with Gasteiger partial charge in [-0.05, 0) is 67.5 Å². The number of benzene rings is 2. The van der Waals surface area contributed by atoms with Gasteiger partial charge >= 0.3 is 6.09 Å². The molecule has 1 N–H and O–H groups in total. The molecule has 0 bridgehead atoms. The quantitative estimate of drug-likeness (QED) is 0.842. The molecule has 4 nitrogen and oxygen atoms in total. The first-order valence-corrected chi connectivity index (χ1v) is 9.53. The Kier molecular flexibility index (Phi) is 4.19. The highest BCUT2D eigenvalue weighted by molar-refractivity contribution is 5.93. The van der Waals surface area contributed by atoms with Crippen LogP contribution in [-0.2, 0) is 17.6 Å². The number of nitrogens with zero attached hydrogens (tertiary/aromatic N) is 1. The number of aryl methyl sites for hydroxylation is 2. The third-order valence-corrected chi connectivity index (χ3v) is 5.54. The molecule has 2 atom stereocenters. The highest BCUT2D eigenvalue weighted by Crippen LogP contribution is 2.38. The number of hydrogen-bond acceptors (Lipinski definition) is 3. The molecule has 4 heteroatoms. The van der Waals surface area contributed by atoms with Gasteiger partial charge in [-0.2, -0.15) is 0 Å². The summed E-state index contributed by atoms with van der Waals surface area (Å²) in [5, 5.41) is 13.5. The number of carbonyl (C=O) groups excluding carboxylic acids is 1. The van der Waals surface area contributed by atoms with E-state index in [4.69, 9.17) is 4.74 Å². The Bertz CT molecular complexity index is 842. The maximum absolute atomic E-state index is 12.3. The molecule has 0 saturated carbocycles. The van der Waals surface area contributed by atoms with Gasteiger partial charge in [0.2, 0.25) is 0 Å². The second kappa shape index (κ2) is 6.27. The second-order valence-corrected chi connectivity index (χ2v) is 8.54. The van der Waals surface area contributed by atoms with Crippen LogP contribution in [0.3, 0.4) is 0 Å². The summed E-state index contributed by atoms with van der Waals surface area (Å²) < 4.78 is 5.45.